The highest BCUT2D eigenvalue weighted by Gasteiger charge is 2.48. The van der Waals surface area contributed by atoms with Crippen molar-refractivity contribution in [1.82, 2.24) is 0 Å². The molecule has 19 heteroatoms. The molecule has 52 heavy (non-hydrogen) atoms. The highest BCUT2D eigenvalue weighted by Crippen LogP contribution is 2.40. The number of phenolic OH excluding ortho intramolecular Hbond substituents is 1. The van der Waals surface area contributed by atoms with Gasteiger partial charge in [0.25, 0.3) is 0 Å². The molecule has 288 valence electrons. The van der Waals surface area contributed by atoms with Crippen LogP contribution < -0.4 is 24.4 Å². The Balaban J connectivity index is 1.53. The van der Waals surface area contributed by atoms with Gasteiger partial charge in [-0.2, -0.15) is 0 Å². The van der Waals surface area contributed by atoms with E-state index in [1.165, 1.54) is 31.2 Å². The van der Waals surface area contributed by atoms with E-state index in [-0.39, 0.29) is 79.2 Å². The minimum atomic E-state index is -1.98. The van der Waals surface area contributed by atoms with Crippen molar-refractivity contribution in [2.75, 3.05) is 46.2 Å². The molecule has 0 amide bonds. The van der Waals surface area contributed by atoms with Crippen molar-refractivity contribution < 1.29 is 88.6 Å². The van der Waals surface area contributed by atoms with Gasteiger partial charge < -0.3 is 88.6 Å². The van der Waals surface area contributed by atoms with Gasteiger partial charge in [0.2, 0.25) is 17.5 Å². The largest absolute Gasteiger partial charge is 0.507 e. The van der Waals surface area contributed by atoms with Crippen LogP contribution in [0, 0.1) is 0 Å². The van der Waals surface area contributed by atoms with E-state index >= 15 is 0 Å². The Hall–Kier alpha value is -3.83. The predicted molar refractivity (Wildman–Crippen MR) is 173 cm³/mol. The fraction of sp³-hybridized carbons (Fsp3) is 0.545. The second-order valence-corrected chi connectivity index (χ2v) is 11.9. The summed E-state index contributed by atoms with van der Waals surface area (Å²) in [4.78, 5) is 14.1. The summed E-state index contributed by atoms with van der Waals surface area (Å²) in [5, 5.41) is 101. The first-order valence-corrected chi connectivity index (χ1v) is 16.3. The van der Waals surface area contributed by atoms with E-state index < -0.39 is 84.9 Å². The van der Waals surface area contributed by atoms with Crippen LogP contribution in [0.2, 0.25) is 0 Å². The smallest absolute Gasteiger partial charge is 0.239 e. The van der Waals surface area contributed by atoms with Gasteiger partial charge in [0.15, 0.2) is 23.5 Å². The van der Waals surface area contributed by atoms with Crippen LogP contribution in [0.5, 0.6) is 28.7 Å². The first kappa shape index (κ1) is 39.4. The maximum Gasteiger partial charge on any atom is 0.239 e. The van der Waals surface area contributed by atoms with Gasteiger partial charge in [-0.15, -0.1) is 0 Å². The van der Waals surface area contributed by atoms with Gasteiger partial charge in [-0.3, -0.25) is 4.79 Å². The number of rotatable bonds is 15. The van der Waals surface area contributed by atoms with Gasteiger partial charge in [0.05, 0.1) is 32.5 Å². The van der Waals surface area contributed by atoms with E-state index in [0.717, 1.165) is 6.07 Å². The van der Waals surface area contributed by atoms with Crippen LogP contribution in [-0.2, 0) is 14.2 Å². The molecule has 2 fully saturated rings. The Labute approximate surface area is 294 Å². The number of fused-ring (bicyclic) bond motifs is 1. The van der Waals surface area contributed by atoms with Crippen molar-refractivity contribution in [2.24, 2.45) is 0 Å². The predicted octanol–water partition coefficient (Wildman–Crippen LogP) is -2.69. The molecule has 0 unspecified atom stereocenters. The highest BCUT2D eigenvalue weighted by atomic mass is 16.7. The Morgan fingerprint density at radius 1 is 0.712 bits per heavy atom. The minimum Gasteiger partial charge on any atom is -0.507 e. The van der Waals surface area contributed by atoms with Crippen molar-refractivity contribution in [3.8, 4) is 40.1 Å². The summed E-state index contributed by atoms with van der Waals surface area (Å²) in [5.41, 5.74) is -1.08. The number of benzene rings is 2. The minimum absolute atomic E-state index is 0.0380. The molecule has 19 nitrogen and oxygen atoms in total. The molecular formula is C33H42O19. The molecule has 1 aromatic heterocycles. The number of hydrogen-bond acceptors (Lipinski definition) is 19. The third-order valence-electron chi connectivity index (χ3n) is 8.31. The van der Waals surface area contributed by atoms with Crippen LogP contribution in [0.15, 0.2) is 39.5 Å². The lowest BCUT2D eigenvalue weighted by atomic mass is 9.98. The van der Waals surface area contributed by atoms with Crippen molar-refractivity contribution in [3.05, 3.63) is 40.6 Å². The number of ether oxygens (including phenoxy) is 7. The first-order chi connectivity index (χ1) is 24.9. The summed E-state index contributed by atoms with van der Waals surface area (Å²) >= 11 is 0. The summed E-state index contributed by atoms with van der Waals surface area (Å²) in [5.74, 6) is -1.31. The summed E-state index contributed by atoms with van der Waals surface area (Å²) in [6.45, 7) is -0.648. The standard InChI is InChI=1S/C33H42O19/c1-14-23(38)26(41)28(43)32(49-14)48-13-21-24(39)27(42)29(44)33(51-21)52-31-25(40)22-17(37)11-16(45-7-4-34)12-20(22)50-30(31)15-2-3-18(46-8-5-35)19(10-15)47-9-6-36/h2-3,10-12,14,21,23-24,26-29,32-39,41-44H,4-9,13H2,1H3/t14-,21+,23-,24+,26-,27-,28-,29+,32-,33-/m1/s1. The Morgan fingerprint density at radius 2 is 1.35 bits per heavy atom. The van der Waals surface area contributed by atoms with E-state index in [9.17, 15) is 55.9 Å². The molecule has 3 aromatic rings. The quantitative estimate of drug-likeness (QED) is 0.0758. The van der Waals surface area contributed by atoms with E-state index in [4.69, 9.17) is 37.6 Å². The van der Waals surface area contributed by atoms with Crippen molar-refractivity contribution in [2.45, 2.75) is 68.3 Å². The summed E-state index contributed by atoms with van der Waals surface area (Å²) in [7, 11) is 0. The van der Waals surface area contributed by atoms with E-state index in [1.807, 2.05) is 0 Å². The molecule has 10 N–H and O–H groups in total. The zero-order chi connectivity index (χ0) is 37.7. The second kappa shape index (κ2) is 17.3. The van der Waals surface area contributed by atoms with Gasteiger partial charge >= 0.3 is 0 Å². The lowest BCUT2D eigenvalue weighted by Crippen LogP contribution is -2.61. The lowest BCUT2D eigenvalue weighted by Gasteiger charge is -2.42. The normalized spacial score (nSPS) is 29.2. The molecule has 0 radical (unpaired) electrons. The Kier molecular flexibility index (Phi) is 13.1. The first-order valence-electron chi connectivity index (χ1n) is 16.3. The van der Waals surface area contributed by atoms with E-state index in [0.29, 0.717) is 0 Å². The average Bonchev–Trinajstić information content (AvgIpc) is 3.13. The molecule has 5 rings (SSSR count). The van der Waals surface area contributed by atoms with Gasteiger partial charge in [-0.1, -0.05) is 0 Å². The molecule has 0 spiro atoms. The maximum atomic E-state index is 14.1. The highest BCUT2D eigenvalue weighted by molar-refractivity contribution is 5.88. The van der Waals surface area contributed by atoms with Crippen LogP contribution in [0.25, 0.3) is 22.3 Å². The van der Waals surface area contributed by atoms with Crippen LogP contribution in [-0.4, -0.2) is 159 Å². The molecule has 3 heterocycles. The van der Waals surface area contributed by atoms with Gasteiger partial charge in [-0.05, 0) is 25.1 Å². The number of phenols is 1. The number of hydrogen-bond donors (Lipinski definition) is 10. The zero-order valence-electron chi connectivity index (χ0n) is 27.8. The van der Waals surface area contributed by atoms with Crippen LogP contribution in [0.3, 0.4) is 0 Å². The van der Waals surface area contributed by atoms with Crippen molar-refractivity contribution in [1.29, 1.82) is 0 Å². The number of aromatic hydroxyl groups is 1. The van der Waals surface area contributed by atoms with E-state index in [1.54, 1.807) is 0 Å². The van der Waals surface area contributed by atoms with Gasteiger partial charge in [0, 0.05) is 17.7 Å². The number of aliphatic hydroxyl groups excluding tert-OH is 9. The van der Waals surface area contributed by atoms with Crippen molar-refractivity contribution >= 4 is 11.0 Å². The Bertz CT molecular complexity index is 1700. The Morgan fingerprint density at radius 3 is 2.04 bits per heavy atom. The molecule has 0 bridgehead atoms. The van der Waals surface area contributed by atoms with Gasteiger partial charge in [-0.25, -0.2) is 0 Å². The molecule has 0 saturated carbocycles. The molecule has 2 aliphatic rings. The topological polar surface area (TPSA) is 297 Å². The molecule has 2 aliphatic heterocycles. The fourth-order valence-corrected chi connectivity index (χ4v) is 5.60. The van der Waals surface area contributed by atoms with Crippen molar-refractivity contribution in [3.63, 3.8) is 0 Å². The molecule has 0 aliphatic carbocycles. The summed E-state index contributed by atoms with van der Waals surface area (Å²) in [6.07, 6.45) is -16.3. The lowest BCUT2D eigenvalue weighted by molar-refractivity contribution is -0.318. The third-order valence-corrected chi connectivity index (χ3v) is 8.31. The second-order valence-electron chi connectivity index (χ2n) is 11.9. The van der Waals surface area contributed by atoms with E-state index in [2.05, 4.69) is 0 Å². The fourth-order valence-electron chi connectivity index (χ4n) is 5.60. The van der Waals surface area contributed by atoms with Crippen LogP contribution in [0.4, 0.5) is 0 Å². The monoisotopic (exact) mass is 742 g/mol. The van der Waals surface area contributed by atoms with Crippen LogP contribution in [0.1, 0.15) is 6.92 Å². The summed E-state index contributed by atoms with van der Waals surface area (Å²) < 4.78 is 45.1. The SMILES string of the molecule is C[C@H]1O[C@@H](OC[C@@H]2O[C@H](Oc3c(-c4ccc(OCCO)c(OCCO)c4)oc4cc(OCCO)cc(O)c4c3=O)[C@@H](O)[C@H](O)[C@H]2O)[C@H](O)[C@H](O)[C@@H]1O. The third kappa shape index (κ3) is 8.36. The maximum absolute atomic E-state index is 14.1. The molecule has 2 aromatic carbocycles. The molecule has 10 atom stereocenters. The molecule has 2 saturated heterocycles. The zero-order valence-corrected chi connectivity index (χ0v) is 27.8. The van der Waals surface area contributed by atoms with Crippen LogP contribution >= 0.6 is 0 Å². The van der Waals surface area contributed by atoms with Gasteiger partial charge in [0.1, 0.15) is 85.0 Å². The molecular weight excluding hydrogens is 700 g/mol. The number of aliphatic hydroxyl groups is 9. The average molecular weight is 743 g/mol. The summed E-state index contributed by atoms with van der Waals surface area (Å²) in [6, 6.07) is 6.59.